The van der Waals surface area contributed by atoms with Crippen LogP contribution in [0.4, 0.5) is 17.1 Å². The Morgan fingerprint density at radius 2 is 1.08 bits per heavy atom. The smallest absolute Gasteiger partial charge is 0.0702 e. The van der Waals surface area contributed by atoms with Crippen molar-refractivity contribution in [2.45, 2.75) is 19.3 Å². The molecule has 0 saturated carbocycles. The van der Waals surface area contributed by atoms with E-state index in [4.69, 9.17) is 0 Å². The van der Waals surface area contributed by atoms with Crippen LogP contribution in [-0.4, -0.2) is 14.5 Å². The molecule has 0 bridgehead atoms. The lowest BCUT2D eigenvalue weighted by molar-refractivity contribution is 0.661. The maximum absolute atomic E-state index is 4.65. The molecule has 4 nitrogen and oxygen atoms in total. The summed E-state index contributed by atoms with van der Waals surface area (Å²) in [4.78, 5) is 11.6. The topological polar surface area (TPSA) is 34.0 Å². The molecule has 1 aliphatic carbocycles. The van der Waals surface area contributed by atoms with Gasteiger partial charge in [-0.15, -0.1) is 0 Å². The van der Waals surface area contributed by atoms with E-state index in [0.29, 0.717) is 0 Å². The molecule has 0 N–H and O–H groups in total. The number of fused-ring (bicyclic) bond motifs is 6. The standard InChI is InChI=1S/C49H36N4/c1-49(2)43-19-5-3-17-39(43)41-31-42-40-18-4-6-22-47(40)53(48(42)32-44(41)49)36-25-23-35(24-26-36)52(37-15-11-13-33(29-37)45-20-7-9-27-50-45)38-16-12-14-34(30-38)46-21-8-10-28-51-46/h3-32H,1-2H3. The summed E-state index contributed by atoms with van der Waals surface area (Å²) < 4.78 is 2.43. The Balaban J connectivity index is 1.13. The molecule has 0 saturated heterocycles. The number of hydrogen-bond acceptors (Lipinski definition) is 3. The fourth-order valence-corrected chi connectivity index (χ4v) is 8.31. The highest BCUT2D eigenvalue weighted by Gasteiger charge is 2.36. The third-order valence-corrected chi connectivity index (χ3v) is 10.9. The summed E-state index contributed by atoms with van der Waals surface area (Å²) in [7, 11) is 0. The Morgan fingerprint density at radius 1 is 0.453 bits per heavy atom. The van der Waals surface area contributed by atoms with E-state index in [1.807, 2.05) is 36.7 Å². The average molecular weight is 681 g/mol. The van der Waals surface area contributed by atoms with Gasteiger partial charge in [0, 0.05) is 62.5 Å². The zero-order valence-electron chi connectivity index (χ0n) is 29.6. The van der Waals surface area contributed by atoms with E-state index < -0.39 is 0 Å². The van der Waals surface area contributed by atoms with Crippen LogP contribution in [0.25, 0.3) is 61.1 Å². The molecule has 0 aliphatic heterocycles. The van der Waals surface area contributed by atoms with Crippen LogP contribution in [0.3, 0.4) is 0 Å². The van der Waals surface area contributed by atoms with E-state index in [-0.39, 0.29) is 5.41 Å². The van der Waals surface area contributed by atoms with E-state index >= 15 is 0 Å². The third-order valence-electron chi connectivity index (χ3n) is 10.9. The molecule has 1 aliphatic rings. The second-order valence-electron chi connectivity index (χ2n) is 14.3. The van der Waals surface area contributed by atoms with Gasteiger partial charge in [-0.3, -0.25) is 9.97 Å². The van der Waals surface area contributed by atoms with Gasteiger partial charge in [0.15, 0.2) is 0 Å². The molecule has 0 unspecified atom stereocenters. The average Bonchev–Trinajstić information content (AvgIpc) is 3.66. The molecule has 53 heavy (non-hydrogen) atoms. The first-order chi connectivity index (χ1) is 26.0. The van der Waals surface area contributed by atoms with E-state index in [1.165, 1.54) is 44.1 Å². The largest absolute Gasteiger partial charge is 0.310 e. The lowest BCUT2D eigenvalue weighted by Crippen LogP contribution is -2.15. The number of benzene rings is 6. The predicted molar refractivity (Wildman–Crippen MR) is 219 cm³/mol. The van der Waals surface area contributed by atoms with Crippen molar-refractivity contribution in [3.8, 4) is 39.3 Å². The number of rotatable bonds is 6. The molecule has 6 aromatic carbocycles. The maximum Gasteiger partial charge on any atom is 0.0702 e. The fraction of sp³-hybridized carbons (Fsp3) is 0.0612. The van der Waals surface area contributed by atoms with Crippen LogP contribution in [0, 0.1) is 0 Å². The van der Waals surface area contributed by atoms with Crippen molar-refractivity contribution >= 4 is 38.9 Å². The van der Waals surface area contributed by atoms with E-state index in [0.717, 1.165) is 45.3 Å². The number of hydrogen-bond donors (Lipinski definition) is 0. The summed E-state index contributed by atoms with van der Waals surface area (Å²) in [5.41, 5.74) is 16.1. The molecule has 4 heteroatoms. The summed E-state index contributed by atoms with van der Waals surface area (Å²) in [6.07, 6.45) is 3.69. The van der Waals surface area contributed by atoms with Crippen LogP contribution in [0.15, 0.2) is 182 Å². The normalized spacial score (nSPS) is 12.9. The van der Waals surface area contributed by atoms with Crippen molar-refractivity contribution in [3.63, 3.8) is 0 Å². The van der Waals surface area contributed by atoms with Crippen LogP contribution in [0.5, 0.6) is 0 Å². The Labute approximate surface area is 309 Å². The maximum atomic E-state index is 4.65. The van der Waals surface area contributed by atoms with Crippen molar-refractivity contribution in [2.24, 2.45) is 0 Å². The first kappa shape index (κ1) is 31.0. The molecule has 3 aromatic heterocycles. The second kappa shape index (κ2) is 12.2. The Kier molecular flexibility index (Phi) is 7.12. The minimum Gasteiger partial charge on any atom is -0.310 e. The van der Waals surface area contributed by atoms with Gasteiger partial charge in [0.2, 0.25) is 0 Å². The molecule has 0 spiro atoms. The van der Waals surface area contributed by atoms with Gasteiger partial charge in [0.25, 0.3) is 0 Å². The lowest BCUT2D eigenvalue weighted by atomic mass is 9.82. The zero-order valence-corrected chi connectivity index (χ0v) is 29.6. The second-order valence-corrected chi connectivity index (χ2v) is 14.3. The molecular formula is C49H36N4. The van der Waals surface area contributed by atoms with Crippen LogP contribution in [0.1, 0.15) is 25.0 Å². The highest BCUT2D eigenvalue weighted by Crippen LogP contribution is 2.51. The number of aromatic nitrogens is 3. The van der Waals surface area contributed by atoms with Crippen molar-refractivity contribution < 1.29 is 0 Å². The first-order valence-electron chi connectivity index (χ1n) is 18.2. The molecule has 0 amide bonds. The molecule has 3 heterocycles. The number of anilines is 3. The van der Waals surface area contributed by atoms with Gasteiger partial charge >= 0.3 is 0 Å². The Bertz CT molecular complexity index is 2720. The van der Waals surface area contributed by atoms with Crippen LogP contribution >= 0.6 is 0 Å². The van der Waals surface area contributed by atoms with Gasteiger partial charge in [0.1, 0.15) is 0 Å². The quantitative estimate of drug-likeness (QED) is 0.175. The molecule has 10 rings (SSSR count). The number of pyridine rings is 2. The molecule has 0 radical (unpaired) electrons. The third kappa shape index (κ3) is 5.06. The van der Waals surface area contributed by atoms with Crippen molar-refractivity contribution in [1.82, 2.24) is 14.5 Å². The summed E-state index contributed by atoms with van der Waals surface area (Å²) in [6, 6.07) is 60.9. The van der Waals surface area contributed by atoms with Gasteiger partial charge in [0.05, 0.1) is 22.4 Å². The summed E-state index contributed by atoms with van der Waals surface area (Å²) >= 11 is 0. The number of para-hydroxylation sites is 1. The lowest BCUT2D eigenvalue weighted by Gasteiger charge is -2.27. The van der Waals surface area contributed by atoms with Gasteiger partial charge in [-0.2, -0.15) is 0 Å². The summed E-state index contributed by atoms with van der Waals surface area (Å²) in [5, 5.41) is 2.53. The van der Waals surface area contributed by atoms with Gasteiger partial charge in [-0.25, -0.2) is 0 Å². The Morgan fingerprint density at radius 3 is 1.74 bits per heavy atom. The molecule has 0 atom stereocenters. The van der Waals surface area contributed by atoms with Crippen molar-refractivity contribution in [3.05, 3.63) is 193 Å². The predicted octanol–water partition coefficient (Wildman–Crippen LogP) is 12.7. The SMILES string of the molecule is CC1(C)c2ccccc2-c2cc3c4ccccc4n(-c4ccc(N(c5cccc(-c6ccccn6)c5)c5cccc(-c6ccccn6)c5)cc4)c3cc21. The number of nitrogens with zero attached hydrogens (tertiary/aromatic N) is 4. The highest BCUT2D eigenvalue weighted by molar-refractivity contribution is 6.11. The van der Waals surface area contributed by atoms with Crippen molar-refractivity contribution in [1.29, 1.82) is 0 Å². The molecule has 0 fully saturated rings. The molecular weight excluding hydrogens is 645 g/mol. The van der Waals surface area contributed by atoms with Crippen molar-refractivity contribution in [2.75, 3.05) is 4.90 Å². The minimum atomic E-state index is -0.0840. The Hall–Kier alpha value is -6.78. The van der Waals surface area contributed by atoms with E-state index in [1.54, 1.807) is 0 Å². The molecule has 252 valence electrons. The van der Waals surface area contributed by atoms with Gasteiger partial charge < -0.3 is 9.47 Å². The molecule has 9 aromatic rings. The first-order valence-corrected chi connectivity index (χ1v) is 18.2. The summed E-state index contributed by atoms with van der Waals surface area (Å²) in [6.45, 7) is 4.71. The summed E-state index contributed by atoms with van der Waals surface area (Å²) in [5.74, 6) is 0. The van der Waals surface area contributed by atoms with E-state index in [9.17, 15) is 0 Å². The highest BCUT2D eigenvalue weighted by atomic mass is 15.1. The monoisotopic (exact) mass is 680 g/mol. The zero-order chi connectivity index (χ0) is 35.5. The van der Waals surface area contributed by atoms with E-state index in [2.05, 4.69) is 179 Å². The minimum absolute atomic E-state index is 0.0840. The fourth-order valence-electron chi connectivity index (χ4n) is 8.31. The van der Waals surface area contributed by atoms with Gasteiger partial charge in [-0.05, 0) is 113 Å². The van der Waals surface area contributed by atoms with Crippen LogP contribution < -0.4 is 4.90 Å². The van der Waals surface area contributed by atoms with Gasteiger partial charge in [-0.1, -0.05) is 92.7 Å². The van der Waals surface area contributed by atoms with Crippen LogP contribution in [0.2, 0.25) is 0 Å². The van der Waals surface area contributed by atoms with Crippen LogP contribution in [-0.2, 0) is 5.41 Å².